The standard InChI is InChI=1S/C31H46ClN3O9/c32-24-7-5-8-26(21-24)43-23-25(36)11-12-28-27(29(37)22-30(28)38)9-3-1-2-4-10-31(39)42-20-18-34-16-14-33(15-17-34)13-6-19-44-35(40)41/h1,3,5,7-8,11-12,21,25,27-30,36-38H,2,4,6,9-10,13-20,22-23H2/t25-,27-,28-,29+,30-/m1/s1. The zero-order valence-corrected chi connectivity index (χ0v) is 25.9. The van der Waals surface area contributed by atoms with Crippen molar-refractivity contribution in [3.63, 3.8) is 0 Å². The Morgan fingerprint density at radius 1 is 1.09 bits per heavy atom. The molecule has 12 nitrogen and oxygen atoms in total. The van der Waals surface area contributed by atoms with Gasteiger partial charge in [-0.05, 0) is 49.8 Å². The third-order valence-electron chi connectivity index (χ3n) is 7.97. The number of halogens is 1. The van der Waals surface area contributed by atoms with Crippen LogP contribution in [0.15, 0.2) is 48.6 Å². The third-order valence-corrected chi connectivity index (χ3v) is 8.20. The summed E-state index contributed by atoms with van der Waals surface area (Å²) in [6.45, 7) is 5.41. The molecule has 1 saturated carbocycles. The van der Waals surface area contributed by atoms with Crippen molar-refractivity contribution in [1.29, 1.82) is 0 Å². The van der Waals surface area contributed by atoms with E-state index in [9.17, 15) is 30.2 Å². The Kier molecular flexibility index (Phi) is 15.9. The van der Waals surface area contributed by atoms with Crippen molar-refractivity contribution in [2.75, 3.05) is 59.1 Å². The van der Waals surface area contributed by atoms with Crippen molar-refractivity contribution in [3.8, 4) is 5.75 Å². The summed E-state index contributed by atoms with van der Waals surface area (Å²) < 4.78 is 11.0. The largest absolute Gasteiger partial charge is 0.491 e. The minimum absolute atomic E-state index is 0.0412. The Bertz CT molecular complexity index is 1070. The average Bonchev–Trinajstić information content (AvgIpc) is 3.26. The summed E-state index contributed by atoms with van der Waals surface area (Å²) >= 11 is 5.95. The number of carbonyl (C=O) groups is 1. The number of ether oxygens (including phenoxy) is 2. The molecule has 0 amide bonds. The Labute approximate surface area is 263 Å². The number of aliphatic hydroxyl groups is 3. The topological polar surface area (TPSA) is 155 Å². The van der Waals surface area contributed by atoms with E-state index in [0.717, 1.165) is 32.7 Å². The molecule has 1 heterocycles. The third kappa shape index (κ3) is 13.5. The van der Waals surface area contributed by atoms with Crippen LogP contribution in [0.1, 0.15) is 38.5 Å². The minimum Gasteiger partial charge on any atom is -0.491 e. The fraction of sp³-hybridized carbons (Fsp3) is 0.645. The molecule has 0 spiro atoms. The van der Waals surface area contributed by atoms with Crippen molar-refractivity contribution < 1.29 is 39.5 Å². The van der Waals surface area contributed by atoms with Gasteiger partial charge in [-0.25, -0.2) is 0 Å². The number of piperazine rings is 1. The van der Waals surface area contributed by atoms with Gasteiger partial charge in [-0.2, -0.15) is 0 Å². The number of hydrogen-bond donors (Lipinski definition) is 3. The molecule has 0 bridgehead atoms. The van der Waals surface area contributed by atoms with E-state index in [-0.39, 0.29) is 37.4 Å². The molecular weight excluding hydrogens is 594 g/mol. The highest BCUT2D eigenvalue weighted by Gasteiger charge is 2.39. The number of carbonyl (C=O) groups excluding carboxylic acids is 1. The average molecular weight is 640 g/mol. The molecule has 13 heteroatoms. The van der Waals surface area contributed by atoms with Crippen LogP contribution in [0.3, 0.4) is 0 Å². The molecule has 3 N–H and O–H groups in total. The van der Waals surface area contributed by atoms with Crippen molar-refractivity contribution in [2.24, 2.45) is 11.8 Å². The Morgan fingerprint density at radius 2 is 1.84 bits per heavy atom. The summed E-state index contributed by atoms with van der Waals surface area (Å²) in [6, 6.07) is 6.92. The van der Waals surface area contributed by atoms with Crippen LogP contribution in [0.4, 0.5) is 0 Å². The van der Waals surface area contributed by atoms with E-state index in [2.05, 4.69) is 14.6 Å². The van der Waals surface area contributed by atoms with E-state index < -0.39 is 23.4 Å². The second kappa shape index (κ2) is 19.6. The molecule has 246 valence electrons. The van der Waals surface area contributed by atoms with Gasteiger partial charge in [-0.1, -0.05) is 42.0 Å². The molecule has 0 aromatic heterocycles. The predicted octanol–water partition coefficient (Wildman–Crippen LogP) is 2.87. The lowest BCUT2D eigenvalue weighted by atomic mass is 9.89. The van der Waals surface area contributed by atoms with E-state index in [1.807, 2.05) is 12.2 Å². The fourth-order valence-electron chi connectivity index (χ4n) is 5.52. The van der Waals surface area contributed by atoms with Crippen LogP contribution in [0, 0.1) is 22.0 Å². The maximum atomic E-state index is 12.1. The van der Waals surface area contributed by atoms with Crippen LogP contribution in [-0.2, 0) is 14.4 Å². The van der Waals surface area contributed by atoms with Gasteiger partial charge in [0.1, 0.15) is 25.1 Å². The highest BCUT2D eigenvalue weighted by Crippen LogP contribution is 2.36. The molecule has 1 aliphatic carbocycles. The molecule has 5 atom stereocenters. The van der Waals surface area contributed by atoms with Crippen molar-refractivity contribution in [3.05, 3.63) is 63.7 Å². The van der Waals surface area contributed by atoms with Crippen LogP contribution in [0.5, 0.6) is 5.75 Å². The van der Waals surface area contributed by atoms with E-state index in [1.54, 1.807) is 36.4 Å². The Morgan fingerprint density at radius 3 is 2.57 bits per heavy atom. The molecule has 0 radical (unpaired) electrons. The zero-order chi connectivity index (χ0) is 31.7. The second-order valence-electron chi connectivity index (χ2n) is 11.2. The van der Waals surface area contributed by atoms with Crippen molar-refractivity contribution >= 4 is 17.6 Å². The number of aliphatic hydroxyl groups excluding tert-OH is 3. The smallest absolute Gasteiger partial charge is 0.305 e. The van der Waals surface area contributed by atoms with Gasteiger partial charge in [0.05, 0.1) is 18.8 Å². The number of nitrogens with zero attached hydrogens (tertiary/aromatic N) is 3. The van der Waals surface area contributed by atoms with Crippen LogP contribution in [-0.4, -0.2) is 114 Å². The zero-order valence-electron chi connectivity index (χ0n) is 25.1. The molecule has 44 heavy (non-hydrogen) atoms. The lowest BCUT2D eigenvalue weighted by Gasteiger charge is -2.34. The minimum atomic E-state index is -0.873. The van der Waals surface area contributed by atoms with E-state index in [4.69, 9.17) is 21.1 Å². The van der Waals surface area contributed by atoms with Gasteiger partial charge in [0.25, 0.3) is 5.09 Å². The number of benzene rings is 1. The summed E-state index contributed by atoms with van der Waals surface area (Å²) in [5.41, 5.74) is 0. The number of allylic oxidation sites excluding steroid dienone is 2. The van der Waals surface area contributed by atoms with Crippen molar-refractivity contribution in [1.82, 2.24) is 9.80 Å². The number of esters is 1. The summed E-state index contributed by atoms with van der Waals surface area (Å²) in [7, 11) is 0. The summed E-state index contributed by atoms with van der Waals surface area (Å²) in [4.78, 5) is 31.2. The molecule has 3 rings (SSSR count). The molecule has 1 aromatic carbocycles. The Hall–Kier alpha value is -2.74. The van der Waals surface area contributed by atoms with Gasteiger partial charge in [-0.3, -0.25) is 9.69 Å². The van der Waals surface area contributed by atoms with E-state index in [1.165, 1.54) is 0 Å². The lowest BCUT2D eigenvalue weighted by molar-refractivity contribution is -0.757. The lowest BCUT2D eigenvalue weighted by Crippen LogP contribution is -2.47. The molecule has 2 aliphatic rings. The first-order chi connectivity index (χ1) is 21.2. The molecule has 1 aromatic rings. The monoisotopic (exact) mass is 639 g/mol. The molecule has 0 unspecified atom stereocenters. The van der Waals surface area contributed by atoms with Gasteiger partial charge < -0.3 is 34.5 Å². The van der Waals surface area contributed by atoms with Crippen LogP contribution < -0.4 is 4.74 Å². The number of hydrogen-bond acceptors (Lipinski definition) is 11. The van der Waals surface area contributed by atoms with Gasteiger partial charge in [0.2, 0.25) is 0 Å². The first kappa shape index (κ1) is 35.7. The molecular formula is C31H46ClN3O9. The van der Waals surface area contributed by atoms with Crippen molar-refractivity contribution in [2.45, 2.75) is 56.8 Å². The maximum absolute atomic E-state index is 12.1. The predicted molar refractivity (Wildman–Crippen MR) is 165 cm³/mol. The first-order valence-corrected chi connectivity index (χ1v) is 15.7. The quantitative estimate of drug-likeness (QED) is 0.0673. The van der Waals surface area contributed by atoms with Crippen LogP contribution >= 0.6 is 11.6 Å². The summed E-state index contributed by atoms with van der Waals surface area (Å²) in [6.07, 6.45) is 8.29. The van der Waals surface area contributed by atoms with Gasteiger partial charge >= 0.3 is 5.97 Å². The molecule has 2 fully saturated rings. The fourth-order valence-corrected chi connectivity index (χ4v) is 5.70. The SMILES string of the molecule is O=C(CCCC=CC[C@@H]1[C@@H](C=C[C@@H](O)COc2cccc(Cl)c2)[C@H](O)C[C@@H]1O)OCCN1CCN(CCCO[N+](=O)[O-])CC1. The summed E-state index contributed by atoms with van der Waals surface area (Å²) in [5.74, 6) is -0.126. The van der Waals surface area contributed by atoms with Gasteiger partial charge in [0, 0.05) is 63.1 Å². The normalized spacial score (nSPS) is 23.7. The number of unbranched alkanes of at least 4 members (excludes halogenated alkanes) is 1. The van der Waals surface area contributed by atoms with E-state index in [0.29, 0.717) is 56.0 Å². The van der Waals surface area contributed by atoms with Crippen LogP contribution in [0.25, 0.3) is 0 Å². The van der Waals surface area contributed by atoms with Crippen LogP contribution in [0.2, 0.25) is 5.02 Å². The maximum Gasteiger partial charge on any atom is 0.305 e. The molecule has 1 saturated heterocycles. The Balaban J connectivity index is 1.25. The summed E-state index contributed by atoms with van der Waals surface area (Å²) in [5, 5.41) is 41.2. The first-order valence-electron chi connectivity index (χ1n) is 15.3. The highest BCUT2D eigenvalue weighted by atomic mass is 35.5. The number of rotatable bonds is 19. The second-order valence-corrected chi connectivity index (χ2v) is 11.7. The van der Waals surface area contributed by atoms with Gasteiger partial charge in [0.15, 0.2) is 0 Å². The van der Waals surface area contributed by atoms with Gasteiger partial charge in [-0.15, -0.1) is 10.1 Å². The highest BCUT2D eigenvalue weighted by molar-refractivity contribution is 6.30. The molecule has 1 aliphatic heterocycles. The van der Waals surface area contributed by atoms with E-state index >= 15 is 0 Å².